The lowest BCUT2D eigenvalue weighted by Crippen LogP contribution is -2.28. The Kier molecular flexibility index (Phi) is 5.24. The average molecular weight is 457 g/mol. The molecule has 10 nitrogen and oxygen atoms in total. The van der Waals surface area contributed by atoms with Crippen molar-refractivity contribution < 1.29 is 32.4 Å². The molecule has 2 aliphatic rings. The summed E-state index contributed by atoms with van der Waals surface area (Å²) in [7, 11) is 0. The Morgan fingerprint density at radius 2 is 1.97 bits per heavy atom. The van der Waals surface area contributed by atoms with Crippen LogP contribution in [-0.4, -0.2) is 54.6 Å². The van der Waals surface area contributed by atoms with Gasteiger partial charge in [0.1, 0.15) is 30.3 Å². The minimum atomic E-state index is -0.867. The monoisotopic (exact) mass is 457 g/mol. The number of amides is 3. The predicted molar refractivity (Wildman–Crippen MR) is 110 cm³/mol. The summed E-state index contributed by atoms with van der Waals surface area (Å²) in [6.07, 6.45) is 1.23. The largest absolute Gasteiger partial charge is 0.471 e. The number of nitrogens with one attached hydrogen (secondary N) is 1. The van der Waals surface area contributed by atoms with Crippen molar-refractivity contribution in [1.82, 2.24) is 15.5 Å². The van der Waals surface area contributed by atoms with Crippen LogP contribution in [0.4, 0.5) is 29.9 Å². The number of carbonyl (C=O) groups is 2. The number of pyridine rings is 1. The number of cyclic esters (lactones) is 1. The molecule has 0 radical (unpaired) electrons. The summed E-state index contributed by atoms with van der Waals surface area (Å²) >= 11 is 0. The topological polar surface area (TPSA) is 110 Å². The van der Waals surface area contributed by atoms with E-state index in [9.17, 15) is 18.4 Å². The smallest absolute Gasteiger partial charge is 0.414 e. The number of ether oxygens (including phenoxy) is 2. The summed E-state index contributed by atoms with van der Waals surface area (Å²) in [5, 5.41) is 6.25. The van der Waals surface area contributed by atoms with E-state index in [-0.39, 0.29) is 41.9 Å². The highest BCUT2D eigenvalue weighted by atomic mass is 19.1. The van der Waals surface area contributed by atoms with Crippen LogP contribution in [0.5, 0.6) is 5.88 Å². The first-order chi connectivity index (χ1) is 16.0. The SMILES string of the molecule is O=C1OC(COc2ccon2)CN1c1cc(F)c(-c2ccc(N3CCNC3=O)nc2)c(F)c1. The Balaban J connectivity index is 1.32. The lowest BCUT2D eigenvalue weighted by molar-refractivity contribution is 0.102. The third-order valence-corrected chi connectivity index (χ3v) is 5.21. The van der Waals surface area contributed by atoms with Crippen molar-refractivity contribution in [1.29, 1.82) is 0 Å². The van der Waals surface area contributed by atoms with Crippen LogP contribution in [-0.2, 0) is 4.74 Å². The van der Waals surface area contributed by atoms with Gasteiger partial charge in [0.15, 0.2) is 6.10 Å². The molecule has 1 unspecified atom stereocenters. The Labute approximate surface area is 185 Å². The maximum atomic E-state index is 14.9. The molecule has 1 N–H and O–H groups in total. The van der Waals surface area contributed by atoms with Gasteiger partial charge in [0.05, 0.1) is 17.8 Å². The quantitative estimate of drug-likeness (QED) is 0.606. The minimum Gasteiger partial charge on any atom is -0.471 e. The highest BCUT2D eigenvalue weighted by molar-refractivity contribution is 5.93. The molecular weight excluding hydrogens is 440 g/mol. The zero-order valence-electron chi connectivity index (χ0n) is 17.0. The van der Waals surface area contributed by atoms with Crippen LogP contribution in [0.1, 0.15) is 0 Å². The predicted octanol–water partition coefficient (Wildman–Crippen LogP) is 2.95. The van der Waals surface area contributed by atoms with Gasteiger partial charge in [-0.25, -0.2) is 23.4 Å². The van der Waals surface area contributed by atoms with Crippen molar-refractivity contribution in [3.63, 3.8) is 0 Å². The maximum Gasteiger partial charge on any atom is 0.414 e. The number of rotatable bonds is 6. The number of carbonyl (C=O) groups excluding carboxylic acids is 2. The zero-order chi connectivity index (χ0) is 22.9. The molecular formula is C21H17F2N5O5. The fourth-order valence-corrected chi connectivity index (χ4v) is 3.65. The summed E-state index contributed by atoms with van der Waals surface area (Å²) in [5.41, 5.74) is -0.0778. The Morgan fingerprint density at radius 3 is 2.61 bits per heavy atom. The summed E-state index contributed by atoms with van der Waals surface area (Å²) in [6, 6.07) is 6.34. The molecule has 33 heavy (non-hydrogen) atoms. The van der Waals surface area contributed by atoms with Crippen LogP contribution in [0.15, 0.2) is 47.3 Å². The Hall–Kier alpha value is -4.22. The number of anilines is 2. The highest BCUT2D eigenvalue weighted by Crippen LogP contribution is 2.32. The zero-order valence-corrected chi connectivity index (χ0v) is 17.0. The molecule has 1 aromatic carbocycles. The van der Waals surface area contributed by atoms with E-state index in [0.717, 1.165) is 17.0 Å². The number of urea groups is 1. The molecule has 0 aliphatic carbocycles. The van der Waals surface area contributed by atoms with Gasteiger partial charge in [-0.3, -0.25) is 9.80 Å². The van der Waals surface area contributed by atoms with Gasteiger partial charge in [0.2, 0.25) is 0 Å². The van der Waals surface area contributed by atoms with Gasteiger partial charge in [-0.05, 0) is 29.4 Å². The highest BCUT2D eigenvalue weighted by Gasteiger charge is 2.34. The second-order valence-electron chi connectivity index (χ2n) is 7.34. The molecule has 0 bridgehead atoms. The first kappa shape index (κ1) is 20.7. The molecule has 2 aliphatic heterocycles. The number of nitrogens with zero attached hydrogens (tertiary/aromatic N) is 4. The van der Waals surface area contributed by atoms with Crippen molar-refractivity contribution in [3.05, 3.63) is 54.4 Å². The first-order valence-corrected chi connectivity index (χ1v) is 10.0. The van der Waals surface area contributed by atoms with E-state index in [1.54, 1.807) is 0 Å². The van der Waals surface area contributed by atoms with Crippen LogP contribution >= 0.6 is 0 Å². The van der Waals surface area contributed by atoms with Crippen LogP contribution in [0.25, 0.3) is 11.1 Å². The number of halogens is 2. The van der Waals surface area contributed by atoms with E-state index < -0.39 is 23.8 Å². The van der Waals surface area contributed by atoms with Crippen LogP contribution in [0.2, 0.25) is 0 Å². The molecule has 12 heteroatoms. The molecule has 1 atom stereocenters. The Morgan fingerprint density at radius 1 is 1.15 bits per heavy atom. The molecule has 2 aromatic heterocycles. The van der Waals surface area contributed by atoms with E-state index in [2.05, 4.69) is 20.0 Å². The normalized spacial score (nSPS) is 17.9. The summed E-state index contributed by atoms with van der Waals surface area (Å²) in [6.45, 7) is 1.01. The number of aromatic nitrogens is 2. The fourth-order valence-electron chi connectivity index (χ4n) is 3.65. The van der Waals surface area contributed by atoms with E-state index in [1.165, 1.54) is 35.6 Å². The molecule has 0 spiro atoms. The molecule has 3 aromatic rings. The summed E-state index contributed by atoms with van der Waals surface area (Å²) in [4.78, 5) is 30.7. The van der Waals surface area contributed by atoms with Crippen LogP contribution in [0.3, 0.4) is 0 Å². The van der Waals surface area contributed by atoms with E-state index >= 15 is 0 Å². The van der Waals surface area contributed by atoms with Gasteiger partial charge in [0, 0.05) is 30.9 Å². The van der Waals surface area contributed by atoms with Crippen molar-refractivity contribution in [2.75, 3.05) is 36.0 Å². The van der Waals surface area contributed by atoms with Gasteiger partial charge in [-0.1, -0.05) is 0 Å². The van der Waals surface area contributed by atoms with Gasteiger partial charge < -0.3 is 19.3 Å². The molecule has 5 rings (SSSR count). The van der Waals surface area contributed by atoms with Crippen molar-refractivity contribution in [2.45, 2.75) is 6.10 Å². The van der Waals surface area contributed by atoms with Gasteiger partial charge in [-0.2, -0.15) is 0 Å². The van der Waals surface area contributed by atoms with E-state index in [0.29, 0.717) is 18.9 Å². The van der Waals surface area contributed by atoms with Crippen molar-refractivity contribution in [2.24, 2.45) is 0 Å². The van der Waals surface area contributed by atoms with Gasteiger partial charge in [0.25, 0.3) is 5.88 Å². The number of benzene rings is 1. The third kappa shape index (κ3) is 4.02. The molecule has 2 saturated heterocycles. The minimum absolute atomic E-state index is 0.00484. The van der Waals surface area contributed by atoms with Crippen molar-refractivity contribution >= 4 is 23.6 Å². The van der Waals surface area contributed by atoms with Gasteiger partial charge >= 0.3 is 12.1 Å². The Bertz CT molecular complexity index is 1170. The van der Waals surface area contributed by atoms with Crippen LogP contribution in [0, 0.1) is 11.6 Å². The van der Waals surface area contributed by atoms with Crippen molar-refractivity contribution in [3.8, 4) is 17.0 Å². The summed E-state index contributed by atoms with van der Waals surface area (Å²) in [5.74, 6) is -1.12. The third-order valence-electron chi connectivity index (χ3n) is 5.21. The molecule has 3 amide bonds. The second kappa shape index (κ2) is 8.37. The second-order valence-corrected chi connectivity index (χ2v) is 7.34. The molecule has 4 heterocycles. The van der Waals surface area contributed by atoms with Crippen LogP contribution < -0.4 is 19.9 Å². The first-order valence-electron chi connectivity index (χ1n) is 10.0. The average Bonchev–Trinajstić information content (AvgIpc) is 3.54. The molecule has 0 saturated carbocycles. The lowest BCUT2D eigenvalue weighted by atomic mass is 10.1. The molecule has 2 fully saturated rings. The lowest BCUT2D eigenvalue weighted by Gasteiger charge is -2.16. The van der Waals surface area contributed by atoms with E-state index in [4.69, 9.17) is 9.47 Å². The van der Waals surface area contributed by atoms with Gasteiger partial charge in [-0.15, -0.1) is 0 Å². The fraction of sp³-hybridized carbons (Fsp3) is 0.238. The standard InChI is InChI=1S/C21H17F2N5O5/c22-15-7-13(28-10-14(33-21(28)30)11-31-18-3-6-32-26-18)8-16(23)19(15)12-1-2-17(25-9-12)27-5-4-24-20(27)29/h1-3,6-9,14H,4-5,10-11H2,(H,24,29). The van der Waals surface area contributed by atoms with E-state index in [1.807, 2.05) is 0 Å². The molecule has 170 valence electrons. The number of hydrogen-bond acceptors (Lipinski definition) is 7. The maximum absolute atomic E-state index is 14.9. The summed E-state index contributed by atoms with van der Waals surface area (Å²) < 4.78 is 45.0. The number of hydrogen-bond donors (Lipinski definition) is 1.